The first-order chi connectivity index (χ1) is 5.52. The van der Waals surface area contributed by atoms with Gasteiger partial charge in [-0.15, -0.1) is 0 Å². The molecule has 64 valence electrons. The van der Waals surface area contributed by atoms with Crippen LogP contribution >= 0.6 is 0 Å². The maximum Gasteiger partial charge on any atom is 0.199 e. The Bertz CT molecular complexity index is 272. The van der Waals surface area contributed by atoms with Gasteiger partial charge in [-0.25, -0.2) is 4.39 Å². The van der Waals surface area contributed by atoms with Gasteiger partial charge in [-0.3, -0.25) is 4.79 Å². The molecule has 0 saturated heterocycles. The quantitative estimate of drug-likeness (QED) is 0.617. The molecular weight excluding hydrogens is 155 g/mol. The van der Waals surface area contributed by atoms with Gasteiger partial charge >= 0.3 is 0 Å². The van der Waals surface area contributed by atoms with Crippen LogP contribution in [0.15, 0.2) is 30.3 Å². The van der Waals surface area contributed by atoms with Crippen molar-refractivity contribution >= 4 is 5.78 Å². The van der Waals surface area contributed by atoms with E-state index in [4.69, 9.17) is 0 Å². The molecule has 1 aromatic rings. The molecule has 12 heavy (non-hydrogen) atoms. The number of hydrogen-bond acceptors (Lipinski definition) is 1. The van der Waals surface area contributed by atoms with Gasteiger partial charge in [0.15, 0.2) is 11.5 Å². The Hall–Kier alpha value is -1.18. The topological polar surface area (TPSA) is 17.1 Å². The number of Topliss-reactive ketones (excluding diaryl/α,β-unsaturated/α-hetero) is 1. The Kier molecular flexibility index (Phi) is 2.27. The standard InChI is InChI=1S/C10H11FO/c1-10(2,11)9(12)8-6-4-3-5-7-8/h3-7H,1-2H3. The molecular formula is C10H11FO. The molecule has 1 rings (SSSR count). The van der Waals surface area contributed by atoms with E-state index in [9.17, 15) is 9.18 Å². The molecule has 0 aliphatic carbocycles. The van der Waals surface area contributed by atoms with Gasteiger partial charge in [0.1, 0.15) is 0 Å². The minimum Gasteiger partial charge on any atom is -0.291 e. The number of hydrogen-bond donors (Lipinski definition) is 0. The summed E-state index contributed by atoms with van der Waals surface area (Å²) in [6.07, 6.45) is 0. The van der Waals surface area contributed by atoms with Gasteiger partial charge in [0, 0.05) is 5.56 Å². The van der Waals surface area contributed by atoms with Gasteiger partial charge in [0.2, 0.25) is 0 Å². The van der Waals surface area contributed by atoms with Crippen LogP contribution < -0.4 is 0 Å². The zero-order valence-electron chi connectivity index (χ0n) is 7.17. The van der Waals surface area contributed by atoms with Crippen molar-refractivity contribution < 1.29 is 9.18 Å². The Morgan fingerprint density at radius 2 is 1.75 bits per heavy atom. The molecule has 0 radical (unpaired) electrons. The first-order valence-corrected chi connectivity index (χ1v) is 3.80. The predicted octanol–water partition coefficient (Wildman–Crippen LogP) is 2.62. The molecule has 0 saturated carbocycles. The van der Waals surface area contributed by atoms with E-state index in [1.807, 2.05) is 0 Å². The second-order valence-electron chi connectivity index (χ2n) is 3.17. The van der Waals surface area contributed by atoms with Crippen LogP contribution in [0.3, 0.4) is 0 Å². The summed E-state index contributed by atoms with van der Waals surface area (Å²) in [7, 11) is 0. The SMILES string of the molecule is CC(C)(F)C(=O)c1ccccc1. The average Bonchev–Trinajstić information content (AvgIpc) is 2.03. The summed E-state index contributed by atoms with van der Waals surface area (Å²) in [5.41, 5.74) is -1.36. The molecule has 0 aromatic heterocycles. The van der Waals surface area contributed by atoms with Crippen molar-refractivity contribution in [2.75, 3.05) is 0 Å². The zero-order chi connectivity index (χ0) is 9.19. The van der Waals surface area contributed by atoms with Gasteiger partial charge in [-0.05, 0) is 13.8 Å². The molecule has 0 atom stereocenters. The largest absolute Gasteiger partial charge is 0.291 e. The van der Waals surface area contributed by atoms with E-state index >= 15 is 0 Å². The summed E-state index contributed by atoms with van der Waals surface area (Å²) in [4.78, 5) is 11.3. The fourth-order valence-electron chi connectivity index (χ4n) is 0.933. The molecule has 1 aromatic carbocycles. The summed E-state index contributed by atoms with van der Waals surface area (Å²) in [6.45, 7) is 2.53. The first kappa shape index (κ1) is 8.91. The summed E-state index contributed by atoms with van der Waals surface area (Å²) in [5.74, 6) is -0.469. The summed E-state index contributed by atoms with van der Waals surface area (Å²) in [5, 5.41) is 0. The van der Waals surface area contributed by atoms with E-state index in [-0.39, 0.29) is 0 Å². The molecule has 0 aliphatic rings. The van der Waals surface area contributed by atoms with Gasteiger partial charge in [0.25, 0.3) is 0 Å². The Labute approximate surface area is 71.2 Å². The normalized spacial score (nSPS) is 11.2. The third-order valence-electron chi connectivity index (χ3n) is 1.58. The lowest BCUT2D eigenvalue weighted by atomic mass is 9.99. The maximum atomic E-state index is 13.1. The number of benzene rings is 1. The second-order valence-corrected chi connectivity index (χ2v) is 3.17. The van der Waals surface area contributed by atoms with Crippen molar-refractivity contribution in [2.45, 2.75) is 19.5 Å². The number of carbonyl (C=O) groups is 1. The molecule has 0 spiro atoms. The average molecular weight is 166 g/mol. The van der Waals surface area contributed by atoms with E-state index < -0.39 is 11.5 Å². The number of ketones is 1. The van der Waals surface area contributed by atoms with Crippen molar-refractivity contribution in [2.24, 2.45) is 0 Å². The lowest BCUT2D eigenvalue weighted by molar-refractivity contribution is 0.0760. The molecule has 0 aliphatic heterocycles. The summed E-state index contributed by atoms with van der Waals surface area (Å²) in [6, 6.07) is 8.47. The molecule has 0 fully saturated rings. The Balaban J connectivity index is 2.94. The molecule has 0 amide bonds. The molecule has 0 heterocycles. The fourth-order valence-corrected chi connectivity index (χ4v) is 0.933. The molecule has 2 heteroatoms. The lowest BCUT2D eigenvalue weighted by Crippen LogP contribution is -2.25. The third-order valence-corrected chi connectivity index (χ3v) is 1.58. The molecule has 0 bridgehead atoms. The number of carbonyl (C=O) groups excluding carboxylic acids is 1. The smallest absolute Gasteiger partial charge is 0.199 e. The first-order valence-electron chi connectivity index (χ1n) is 3.80. The third kappa shape index (κ3) is 1.91. The number of rotatable bonds is 2. The van der Waals surface area contributed by atoms with Gasteiger partial charge in [0.05, 0.1) is 0 Å². The highest BCUT2D eigenvalue weighted by Crippen LogP contribution is 2.16. The monoisotopic (exact) mass is 166 g/mol. The molecule has 0 N–H and O–H groups in total. The minimum atomic E-state index is -1.78. The van der Waals surface area contributed by atoms with Gasteiger partial charge in [-0.1, -0.05) is 30.3 Å². The lowest BCUT2D eigenvalue weighted by Gasteiger charge is -2.11. The maximum absolute atomic E-state index is 13.1. The van der Waals surface area contributed by atoms with Crippen LogP contribution in [0.1, 0.15) is 24.2 Å². The molecule has 1 nitrogen and oxygen atoms in total. The van der Waals surface area contributed by atoms with Crippen molar-refractivity contribution in [3.05, 3.63) is 35.9 Å². The summed E-state index contributed by atoms with van der Waals surface area (Å²) < 4.78 is 13.1. The van der Waals surface area contributed by atoms with Crippen LogP contribution in [0.25, 0.3) is 0 Å². The number of halogens is 1. The van der Waals surface area contributed by atoms with Crippen LogP contribution in [0.5, 0.6) is 0 Å². The van der Waals surface area contributed by atoms with E-state index in [0.29, 0.717) is 5.56 Å². The van der Waals surface area contributed by atoms with Crippen molar-refractivity contribution in [1.29, 1.82) is 0 Å². The highest BCUT2D eigenvalue weighted by atomic mass is 19.1. The van der Waals surface area contributed by atoms with E-state index in [0.717, 1.165) is 0 Å². The van der Waals surface area contributed by atoms with Crippen LogP contribution in [0, 0.1) is 0 Å². The van der Waals surface area contributed by atoms with E-state index in [1.54, 1.807) is 30.3 Å². The number of alkyl halides is 1. The van der Waals surface area contributed by atoms with E-state index in [1.165, 1.54) is 13.8 Å². The highest BCUT2D eigenvalue weighted by Gasteiger charge is 2.27. The van der Waals surface area contributed by atoms with Crippen LogP contribution in [0.2, 0.25) is 0 Å². The van der Waals surface area contributed by atoms with Gasteiger partial charge in [-0.2, -0.15) is 0 Å². The van der Waals surface area contributed by atoms with E-state index in [2.05, 4.69) is 0 Å². The van der Waals surface area contributed by atoms with Crippen molar-refractivity contribution in [3.63, 3.8) is 0 Å². The van der Waals surface area contributed by atoms with Gasteiger partial charge < -0.3 is 0 Å². The predicted molar refractivity (Wildman–Crippen MR) is 46.0 cm³/mol. The second kappa shape index (κ2) is 3.05. The highest BCUT2D eigenvalue weighted by molar-refractivity contribution is 6.01. The van der Waals surface area contributed by atoms with Crippen LogP contribution in [0.4, 0.5) is 4.39 Å². The molecule has 0 unspecified atom stereocenters. The fraction of sp³-hybridized carbons (Fsp3) is 0.300. The van der Waals surface area contributed by atoms with Crippen LogP contribution in [-0.4, -0.2) is 11.5 Å². The Morgan fingerprint density at radius 3 is 2.17 bits per heavy atom. The van der Waals surface area contributed by atoms with Crippen molar-refractivity contribution in [3.8, 4) is 0 Å². The van der Waals surface area contributed by atoms with Crippen LogP contribution in [-0.2, 0) is 0 Å². The minimum absolute atomic E-state index is 0.421. The Morgan fingerprint density at radius 1 is 1.25 bits per heavy atom. The summed E-state index contributed by atoms with van der Waals surface area (Å²) >= 11 is 0. The zero-order valence-corrected chi connectivity index (χ0v) is 7.17. The van der Waals surface area contributed by atoms with Crippen molar-refractivity contribution in [1.82, 2.24) is 0 Å².